The molecule has 0 saturated carbocycles. The Morgan fingerprint density at radius 2 is 1.92 bits per heavy atom. The van der Waals surface area contributed by atoms with E-state index in [1.165, 1.54) is 25.3 Å². The minimum atomic E-state index is 0.185. The van der Waals surface area contributed by atoms with Crippen LogP contribution in [-0.4, -0.2) is 23.8 Å². The predicted octanol–water partition coefficient (Wildman–Crippen LogP) is 1.20. The molecule has 0 heterocycles. The van der Waals surface area contributed by atoms with Crippen LogP contribution in [0.5, 0.6) is 11.5 Å². The van der Waals surface area contributed by atoms with Gasteiger partial charge < -0.3 is 14.9 Å². The first-order valence-electron chi connectivity index (χ1n) is 3.56. The molecule has 0 aliphatic carbocycles. The van der Waals surface area contributed by atoms with Gasteiger partial charge in [-0.25, -0.2) is 0 Å². The smallest absolute Gasteiger partial charge is 0.292 e. The number of aromatic hydroxyl groups is 2. The fraction of sp³-hybridized carbons (Fsp3) is 0.222. The van der Waals surface area contributed by atoms with Crippen molar-refractivity contribution in [3.05, 3.63) is 23.8 Å². The van der Waals surface area contributed by atoms with Crippen LogP contribution in [0, 0.1) is 6.92 Å². The maximum Gasteiger partial charge on any atom is 0.292 e. The highest BCUT2D eigenvalue weighted by molar-refractivity contribution is 5.37. The third-order valence-corrected chi connectivity index (χ3v) is 1.28. The molecule has 0 atom stereocenters. The average Bonchev–Trinajstić information content (AvgIpc) is 2.12. The summed E-state index contributed by atoms with van der Waals surface area (Å²) in [7, 11) is 1.31. The average molecular weight is 184 g/mol. The van der Waals surface area contributed by atoms with E-state index < -0.39 is 0 Å². The van der Waals surface area contributed by atoms with Crippen molar-refractivity contribution in [1.29, 1.82) is 0 Å². The minimum absolute atomic E-state index is 0.185. The lowest BCUT2D eigenvalue weighted by Gasteiger charge is -1.96. The Labute approximate surface area is 76.4 Å². The van der Waals surface area contributed by atoms with Gasteiger partial charge in [0, 0.05) is 0 Å². The third kappa shape index (κ3) is 4.68. The molecule has 0 saturated heterocycles. The van der Waals surface area contributed by atoms with E-state index in [1.54, 1.807) is 6.92 Å². The minimum Gasteiger partial charge on any atom is -0.508 e. The number of methoxy groups -OCH3 is 1. The van der Waals surface area contributed by atoms with Crippen LogP contribution in [0.1, 0.15) is 5.56 Å². The number of ether oxygens (including phenoxy) is 1. The van der Waals surface area contributed by atoms with Crippen LogP contribution in [0.15, 0.2) is 18.2 Å². The van der Waals surface area contributed by atoms with Crippen molar-refractivity contribution in [2.75, 3.05) is 7.11 Å². The topological polar surface area (TPSA) is 66.8 Å². The fourth-order valence-electron chi connectivity index (χ4n) is 0.640. The van der Waals surface area contributed by atoms with Crippen LogP contribution in [0.4, 0.5) is 0 Å². The van der Waals surface area contributed by atoms with Crippen molar-refractivity contribution in [3.8, 4) is 11.5 Å². The number of phenols is 2. The summed E-state index contributed by atoms with van der Waals surface area (Å²) in [6, 6.07) is 4.42. The van der Waals surface area contributed by atoms with E-state index in [0.717, 1.165) is 0 Å². The lowest BCUT2D eigenvalue weighted by Crippen LogP contribution is -1.71. The summed E-state index contributed by atoms with van der Waals surface area (Å²) < 4.78 is 3.86. The second kappa shape index (κ2) is 5.88. The van der Waals surface area contributed by atoms with Crippen molar-refractivity contribution in [2.45, 2.75) is 6.92 Å². The molecule has 0 aromatic heterocycles. The molecular formula is C9H12O4. The normalized spacial score (nSPS) is 8.15. The Hall–Kier alpha value is -1.71. The highest BCUT2D eigenvalue weighted by Gasteiger charge is 1.93. The molecule has 2 N–H and O–H groups in total. The van der Waals surface area contributed by atoms with Gasteiger partial charge in [0.1, 0.15) is 11.5 Å². The molecule has 0 aliphatic rings. The quantitative estimate of drug-likeness (QED) is 0.508. The van der Waals surface area contributed by atoms with Crippen molar-refractivity contribution < 1.29 is 19.7 Å². The highest BCUT2D eigenvalue weighted by atomic mass is 16.5. The Balaban J connectivity index is 0.000000310. The summed E-state index contributed by atoms with van der Waals surface area (Å²) in [5.41, 5.74) is 0.690. The van der Waals surface area contributed by atoms with Gasteiger partial charge in [-0.2, -0.15) is 0 Å². The number of hydrogen-bond acceptors (Lipinski definition) is 4. The van der Waals surface area contributed by atoms with Crippen LogP contribution in [0.2, 0.25) is 0 Å². The number of aryl methyl sites for hydroxylation is 1. The summed E-state index contributed by atoms with van der Waals surface area (Å²) >= 11 is 0. The number of benzene rings is 1. The van der Waals surface area contributed by atoms with Gasteiger partial charge in [-0.3, -0.25) is 4.79 Å². The SMILES string of the molecule is COC=O.Cc1cc(O)ccc1O. The summed E-state index contributed by atoms with van der Waals surface area (Å²) in [6.07, 6.45) is 0. The molecule has 0 fully saturated rings. The fourth-order valence-corrected chi connectivity index (χ4v) is 0.640. The monoisotopic (exact) mass is 184 g/mol. The Bertz CT molecular complexity index is 270. The molecule has 0 aliphatic heterocycles. The van der Waals surface area contributed by atoms with Gasteiger partial charge in [-0.1, -0.05) is 0 Å². The first-order valence-corrected chi connectivity index (χ1v) is 3.56. The van der Waals surface area contributed by atoms with Crippen LogP contribution in [0.3, 0.4) is 0 Å². The molecule has 13 heavy (non-hydrogen) atoms. The molecule has 0 unspecified atom stereocenters. The largest absolute Gasteiger partial charge is 0.508 e. The van der Waals surface area contributed by atoms with E-state index in [-0.39, 0.29) is 11.5 Å². The molecule has 1 aromatic carbocycles. The van der Waals surface area contributed by atoms with Gasteiger partial charge >= 0.3 is 0 Å². The van der Waals surface area contributed by atoms with Crippen molar-refractivity contribution >= 4 is 6.47 Å². The zero-order valence-electron chi connectivity index (χ0n) is 7.52. The molecule has 4 nitrogen and oxygen atoms in total. The van der Waals surface area contributed by atoms with Gasteiger partial charge in [0.15, 0.2) is 0 Å². The second-order valence-electron chi connectivity index (χ2n) is 2.30. The number of carbonyl (C=O) groups is 1. The van der Waals surface area contributed by atoms with E-state index in [9.17, 15) is 0 Å². The summed E-state index contributed by atoms with van der Waals surface area (Å²) in [6.45, 7) is 2.11. The van der Waals surface area contributed by atoms with Gasteiger partial charge in [-0.05, 0) is 30.7 Å². The molecular weight excluding hydrogens is 172 g/mol. The van der Waals surface area contributed by atoms with Crippen molar-refractivity contribution in [2.24, 2.45) is 0 Å². The summed E-state index contributed by atoms with van der Waals surface area (Å²) in [4.78, 5) is 8.95. The number of phenolic OH excluding ortho intramolecular Hbond substituents is 2. The van der Waals surface area contributed by atoms with E-state index in [1.807, 2.05) is 0 Å². The van der Waals surface area contributed by atoms with Crippen LogP contribution in [-0.2, 0) is 9.53 Å². The first-order chi connectivity index (χ1) is 6.11. The molecule has 0 radical (unpaired) electrons. The first kappa shape index (κ1) is 11.3. The molecule has 0 amide bonds. The molecule has 0 spiro atoms. The Morgan fingerprint density at radius 1 is 1.38 bits per heavy atom. The molecule has 0 bridgehead atoms. The van der Waals surface area contributed by atoms with Crippen LogP contribution in [0.25, 0.3) is 0 Å². The molecule has 1 aromatic rings. The predicted molar refractivity (Wildman–Crippen MR) is 47.6 cm³/mol. The molecule has 1 rings (SSSR count). The Morgan fingerprint density at radius 3 is 2.23 bits per heavy atom. The summed E-state index contributed by atoms with van der Waals surface area (Å²) in [5.74, 6) is 0.401. The maximum absolute atomic E-state index is 8.95. The lowest BCUT2D eigenvalue weighted by molar-refractivity contribution is -0.126. The van der Waals surface area contributed by atoms with Gasteiger partial charge in [0.25, 0.3) is 6.47 Å². The zero-order valence-corrected chi connectivity index (χ0v) is 7.52. The number of carbonyl (C=O) groups excluding carboxylic acids is 1. The van der Waals surface area contributed by atoms with E-state index in [2.05, 4.69) is 4.74 Å². The van der Waals surface area contributed by atoms with E-state index in [0.29, 0.717) is 12.0 Å². The summed E-state index contributed by atoms with van der Waals surface area (Å²) in [5, 5.41) is 17.8. The zero-order chi connectivity index (χ0) is 10.3. The highest BCUT2D eigenvalue weighted by Crippen LogP contribution is 2.19. The van der Waals surface area contributed by atoms with Crippen molar-refractivity contribution in [1.82, 2.24) is 0 Å². The lowest BCUT2D eigenvalue weighted by atomic mass is 10.2. The van der Waals surface area contributed by atoms with Crippen molar-refractivity contribution in [3.63, 3.8) is 0 Å². The van der Waals surface area contributed by atoms with Crippen LogP contribution < -0.4 is 0 Å². The van der Waals surface area contributed by atoms with E-state index in [4.69, 9.17) is 15.0 Å². The standard InChI is InChI=1S/C7H8O2.C2H4O2/c1-5-4-6(8)2-3-7(5)9;1-4-2-3/h2-4,8-9H,1H3;2H,1H3. The number of hydrogen-bond donors (Lipinski definition) is 2. The van der Waals surface area contributed by atoms with Gasteiger partial charge in [0.2, 0.25) is 0 Å². The van der Waals surface area contributed by atoms with E-state index >= 15 is 0 Å². The number of rotatable bonds is 1. The third-order valence-electron chi connectivity index (χ3n) is 1.28. The van der Waals surface area contributed by atoms with Gasteiger partial charge in [0.05, 0.1) is 7.11 Å². The van der Waals surface area contributed by atoms with Gasteiger partial charge in [-0.15, -0.1) is 0 Å². The Kier molecular flexibility index (Phi) is 5.11. The maximum atomic E-state index is 8.95. The molecule has 72 valence electrons. The second-order valence-corrected chi connectivity index (χ2v) is 2.30. The van der Waals surface area contributed by atoms with Crippen LogP contribution >= 0.6 is 0 Å². The molecule has 4 heteroatoms.